The Morgan fingerprint density at radius 3 is 2.61 bits per heavy atom. The van der Waals surface area contributed by atoms with Crippen LogP contribution in [0.1, 0.15) is 57.1 Å². The molecule has 4 N–H and O–H groups in total. The lowest BCUT2D eigenvalue weighted by molar-refractivity contribution is -0.128. The van der Waals surface area contributed by atoms with Gasteiger partial charge in [-0.05, 0) is 44.2 Å². The van der Waals surface area contributed by atoms with E-state index in [9.17, 15) is 14.4 Å². The van der Waals surface area contributed by atoms with Gasteiger partial charge in [0, 0.05) is 23.9 Å². The van der Waals surface area contributed by atoms with Crippen LogP contribution >= 0.6 is 23.2 Å². The van der Waals surface area contributed by atoms with Crippen molar-refractivity contribution in [3.63, 3.8) is 0 Å². The second kappa shape index (κ2) is 10.5. The Morgan fingerprint density at radius 1 is 1.26 bits per heavy atom. The number of imidazole rings is 1. The summed E-state index contributed by atoms with van der Waals surface area (Å²) in [6.45, 7) is 2.21. The summed E-state index contributed by atoms with van der Waals surface area (Å²) in [4.78, 5) is 25.9. The number of aromatic nitrogens is 4. The maximum atomic E-state index is 13.7. The molecule has 0 radical (unpaired) electrons. The standard InChI is InChI=1S/C25H27Cl2FN8O2/c1-25(22(30)37)5-2-15(3-6-25)36-21-18(12-31-23(35-21)32-14-4-7-38-19(28)10-14)33-24(36)34-20-16(26)8-13(11-29)9-17(20)27/h8-9,12,14-15,19H,2-7,10H2,1H3,(H2,30,37)(H,33,34)(H,31,32,35)/t14-,15?,19+,25?/m0/s1. The highest BCUT2D eigenvalue weighted by atomic mass is 35.5. The minimum absolute atomic E-state index is 0.0492. The number of nitrogens with zero attached hydrogens (tertiary/aromatic N) is 5. The van der Waals surface area contributed by atoms with E-state index >= 15 is 0 Å². The van der Waals surface area contributed by atoms with E-state index in [4.69, 9.17) is 43.6 Å². The van der Waals surface area contributed by atoms with E-state index in [0.717, 1.165) is 0 Å². The smallest absolute Gasteiger partial charge is 0.224 e. The molecule has 1 aliphatic carbocycles. The number of halogens is 3. The van der Waals surface area contributed by atoms with Gasteiger partial charge >= 0.3 is 0 Å². The highest BCUT2D eigenvalue weighted by molar-refractivity contribution is 6.39. The molecule has 1 saturated carbocycles. The number of alkyl halides is 1. The first-order valence-electron chi connectivity index (χ1n) is 12.4. The molecule has 5 rings (SSSR count). The zero-order valence-electron chi connectivity index (χ0n) is 20.7. The Bertz CT molecular complexity index is 1390. The van der Waals surface area contributed by atoms with Crippen LogP contribution in [0.15, 0.2) is 18.3 Å². The van der Waals surface area contributed by atoms with Gasteiger partial charge in [0.15, 0.2) is 5.65 Å². The molecule has 3 aromatic rings. The van der Waals surface area contributed by atoms with Crippen molar-refractivity contribution in [3.05, 3.63) is 33.9 Å². The molecule has 10 nitrogen and oxygen atoms in total. The van der Waals surface area contributed by atoms with E-state index in [0.29, 0.717) is 73.0 Å². The predicted octanol–water partition coefficient (Wildman–Crippen LogP) is 5.24. The number of amides is 1. The van der Waals surface area contributed by atoms with Crippen LogP contribution in [0.3, 0.4) is 0 Å². The predicted molar refractivity (Wildman–Crippen MR) is 142 cm³/mol. The molecule has 13 heteroatoms. The van der Waals surface area contributed by atoms with Crippen LogP contribution in [0.5, 0.6) is 0 Å². The van der Waals surface area contributed by atoms with Crippen molar-refractivity contribution < 1.29 is 13.9 Å². The van der Waals surface area contributed by atoms with Crippen molar-refractivity contribution in [2.24, 2.45) is 11.1 Å². The zero-order chi connectivity index (χ0) is 27.0. The SMILES string of the molecule is CC1(C(N)=O)CCC(n2c(Nc3c(Cl)cc(C#N)cc3Cl)nc3cnc(N[C@H]4CCO[C@@H](F)C4)nc32)CC1. The maximum absolute atomic E-state index is 13.7. The van der Waals surface area contributed by atoms with Crippen LogP contribution in [0, 0.1) is 16.7 Å². The highest BCUT2D eigenvalue weighted by Gasteiger charge is 2.38. The summed E-state index contributed by atoms with van der Waals surface area (Å²) in [6, 6.07) is 4.87. The Hall–Kier alpha value is -3.20. The van der Waals surface area contributed by atoms with Gasteiger partial charge in [0.25, 0.3) is 0 Å². The molecule has 3 heterocycles. The molecular weight excluding hydrogens is 534 g/mol. The Kier molecular flexibility index (Phi) is 7.31. The number of carbonyl (C=O) groups is 1. The Labute approximate surface area is 228 Å². The van der Waals surface area contributed by atoms with Crippen LogP contribution < -0.4 is 16.4 Å². The molecule has 1 saturated heterocycles. The lowest BCUT2D eigenvalue weighted by Crippen LogP contribution is -2.38. The topological polar surface area (TPSA) is 144 Å². The zero-order valence-corrected chi connectivity index (χ0v) is 22.2. The second-order valence-electron chi connectivity index (χ2n) is 10.1. The molecule has 2 aromatic heterocycles. The number of fused-ring (bicyclic) bond motifs is 1. The number of nitriles is 1. The van der Waals surface area contributed by atoms with E-state index in [2.05, 4.69) is 15.6 Å². The molecule has 200 valence electrons. The fourth-order valence-corrected chi connectivity index (χ4v) is 5.65. The molecule has 1 aromatic carbocycles. The molecule has 2 fully saturated rings. The first-order chi connectivity index (χ1) is 18.2. The monoisotopic (exact) mass is 560 g/mol. The minimum Gasteiger partial charge on any atom is -0.369 e. The van der Waals surface area contributed by atoms with Crippen LogP contribution in [0.4, 0.5) is 22.0 Å². The lowest BCUT2D eigenvalue weighted by Gasteiger charge is -2.35. The third-order valence-electron chi connectivity index (χ3n) is 7.43. The second-order valence-corrected chi connectivity index (χ2v) is 10.9. The summed E-state index contributed by atoms with van der Waals surface area (Å²) in [7, 11) is 0. The van der Waals surface area contributed by atoms with Crippen molar-refractivity contribution in [2.45, 2.75) is 63.9 Å². The fourth-order valence-electron chi connectivity index (χ4n) is 5.07. The van der Waals surface area contributed by atoms with Gasteiger partial charge in [0.1, 0.15) is 5.52 Å². The quantitative estimate of drug-likeness (QED) is 0.371. The molecule has 0 unspecified atom stereocenters. The first kappa shape index (κ1) is 26.4. The number of nitrogens with two attached hydrogens (primary N) is 1. The minimum atomic E-state index is -1.32. The third-order valence-corrected chi connectivity index (χ3v) is 8.02. The summed E-state index contributed by atoms with van der Waals surface area (Å²) in [5.41, 5.74) is 6.95. The number of benzene rings is 1. The highest BCUT2D eigenvalue weighted by Crippen LogP contribution is 2.43. The fraction of sp³-hybridized carbons (Fsp3) is 0.480. The molecular formula is C25H27Cl2FN8O2. The summed E-state index contributed by atoms with van der Waals surface area (Å²) < 4.78 is 20.7. The van der Waals surface area contributed by atoms with Gasteiger partial charge in [-0.1, -0.05) is 30.1 Å². The Morgan fingerprint density at radius 2 is 1.97 bits per heavy atom. The van der Waals surface area contributed by atoms with Crippen molar-refractivity contribution in [3.8, 4) is 6.07 Å². The Balaban J connectivity index is 1.53. The number of primary amides is 1. The van der Waals surface area contributed by atoms with Crippen LogP contribution in [0.25, 0.3) is 11.2 Å². The summed E-state index contributed by atoms with van der Waals surface area (Å²) in [6.07, 6.45) is 3.69. The normalized spacial score (nSPS) is 25.6. The molecule has 2 aliphatic rings. The van der Waals surface area contributed by atoms with Gasteiger partial charge in [-0.2, -0.15) is 10.2 Å². The largest absolute Gasteiger partial charge is 0.369 e. The van der Waals surface area contributed by atoms with E-state index in [1.807, 2.05) is 17.6 Å². The van der Waals surface area contributed by atoms with Crippen molar-refractivity contribution in [2.75, 3.05) is 17.2 Å². The average Bonchev–Trinajstić information content (AvgIpc) is 3.23. The van der Waals surface area contributed by atoms with Crippen molar-refractivity contribution >= 4 is 57.9 Å². The summed E-state index contributed by atoms with van der Waals surface area (Å²) in [5, 5.41) is 16.2. The van der Waals surface area contributed by atoms with Gasteiger partial charge in [-0.15, -0.1) is 0 Å². The molecule has 1 amide bonds. The molecule has 1 aliphatic heterocycles. The van der Waals surface area contributed by atoms with Gasteiger partial charge in [0.2, 0.25) is 24.2 Å². The van der Waals surface area contributed by atoms with E-state index < -0.39 is 11.8 Å². The number of ether oxygens (including phenoxy) is 1. The molecule has 0 bridgehead atoms. The van der Waals surface area contributed by atoms with E-state index in [1.165, 1.54) is 12.1 Å². The number of carbonyl (C=O) groups excluding carboxylic acids is 1. The van der Waals surface area contributed by atoms with Crippen LogP contribution in [-0.4, -0.2) is 44.4 Å². The number of rotatable bonds is 6. The number of hydrogen-bond acceptors (Lipinski definition) is 8. The van der Waals surface area contributed by atoms with Crippen LogP contribution in [-0.2, 0) is 9.53 Å². The first-order valence-corrected chi connectivity index (χ1v) is 13.2. The average molecular weight is 561 g/mol. The maximum Gasteiger partial charge on any atom is 0.224 e. The summed E-state index contributed by atoms with van der Waals surface area (Å²) >= 11 is 12.9. The molecule has 2 atom stereocenters. The van der Waals surface area contributed by atoms with E-state index in [1.54, 1.807) is 6.20 Å². The van der Waals surface area contributed by atoms with Crippen molar-refractivity contribution in [1.82, 2.24) is 19.5 Å². The molecule has 0 spiro atoms. The van der Waals surface area contributed by atoms with Gasteiger partial charge in [-0.3, -0.25) is 9.36 Å². The van der Waals surface area contributed by atoms with Crippen molar-refractivity contribution in [1.29, 1.82) is 5.26 Å². The summed E-state index contributed by atoms with van der Waals surface area (Å²) in [5.74, 6) is 0.497. The van der Waals surface area contributed by atoms with Gasteiger partial charge < -0.3 is 21.1 Å². The van der Waals surface area contributed by atoms with E-state index in [-0.39, 0.29) is 34.5 Å². The van der Waals surface area contributed by atoms with Crippen LogP contribution in [0.2, 0.25) is 10.0 Å². The van der Waals surface area contributed by atoms with Gasteiger partial charge in [0.05, 0.1) is 40.2 Å². The number of nitrogens with one attached hydrogen (secondary N) is 2. The third kappa shape index (κ3) is 5.21. The van der Waals surface area contributed by atoms with Gasteiger partial charge in [-0.25, -0.2) is 14.4 Å². The number of anilines is 3. The number of hydrogen-bond donors (Lipinski definition) is 3. The molecule has 38 heavy (non-hydrogen) atoms. The lowest BCUT2D eigenvalue weighted by atomic mass is 9.73.